The molecule has 0 radical (unpaired) electrons. The first-order chi connectivity index (χ1) is 7.56. The summed E-state index contributed by atoms with van der Waals surface area (Å²) in [5, 5.41) is 8.79. The molecule has 0 spiro atoms. The molecule has 82 valence electrons. The molecular formula is C12H9FO2S. The summed E-state index contributed by atoms with van der Waals surface area (Å²) in [5.74, 6) is -1.26. The SMILES string of the molecule is Cc1cc(F)cc(-c2ccc(C(=O)O)s2)c1. The van der Waals surface area contributed by atoms with E-state index in [1.54, 1.807) is 13.0 Å². The Morgan fingerprint density at radius 3 is 2.62 bits per heavy atom. The van der Waals surface area contributed by atoms with Crippen LogP contribution in [0.4, 0.5) is 4.39 Å². The van der Waals surface area contributed by atoms with Crippen molar-refractivity contribution >= 4 is 17.3 Å². The van der Waals surface area contributed by atoms with Gasteiger partial charge < -0.3 is 5.11 Å². The summed E-state index contributed by atoms with van der Waals surface area (Å²) in [6.07, 6.45) is 0. The number of carboxylic acid groups (broad SMARTS) is 1. The number of rotatable bonds is 2. The monoisotopic (exact) mass is 236 g/mol. The van der Waals surface area contributed by atoms with Gasteiger partial charge in [0.05, 0.1) is 0 Å². The summed E-state index contributed by atoms with van der Waals surface area (Å²) < 4.78 is 13.2. The van der Waals surface area contributed by atoms with E-state index in [1.165, 1.54) is 18.2 Å². The molecule has 0 atom stereocenters. The largest absolute Gasteiger partial charge is 0.477 e. The normalized spacial score (nSPS) is 10.4. The van der Waals surface area contributed by atoms with Crippen LogP contribution in [0.15, 0.2) is 30.3 Å². The van der Waals surface area contributed by atoms with Gasteiger partial charge in [-0.2, -0.15) is 0 Å². The lowest BCUT2D eigenvalue weighted by molar-refractivity contribution is 0.0702. The van der Waals surface area contributed by atoms with Crippen molar-refractivity contribution < 1.29 is 14.3 Å². The first kappa shape index (κ1) is 10.8. The molecule has 0 aliphatic heterocycles. The molecule has 0 amide bonds. The van der Waals surface area contributed by atoms with Crippen molar-refractivity contribution in [3.05, 3.63) is 46.6 Å². The van der Waals surface area contributed by atoms with Gasteiger partial charge in [0.15, 0.2) is 0 Å². The summed E-state index contributed by atoms with van der Waals surface area (Å²) in [4.78, 5) is 11.7. The van der Waals surface area contributed by atoms with Gasteiger partial charge in [-0.15, -0.1) is 11.3 Å². The van der Waals surface area contributed by atoms with Crippen LogP contribution in [0.25, 0.3) is 10.4 Å². The summed E-state index contributed by atoms with van der Waals surface area (Å²) in [6, 6.07) is 7.91. The van der Waals surface area contributed by atoms with Gasteiger partial charge in [-0.05, 0) is 42.3 Å². The predicted molar refractivity (Wildman–Crippen MR) is 61.4 cm³/mol. The maximum Gasteiger partial charge on any atom is 0.345 e. The van der Waals surface area contributed by atoms with Gasteiger partial charge in [-0.25, -0.2) is 9.18 Å². The van der Waals surface area contributed by atoms with Gasteiger partial charge >= 0.3 is 5.97 Å². The first-order valence-corrected chi connectivity index (χ1v) is 5.48. The van der Waals surface area contributed by atoms with Crippen molar-refractivity contribution in [2.75, 3.05) is 0 Å². The van der Waals surface area contributed by atoms with Crippen molar-refractivity contribution in [1.82, 2.24) is 0 Å². The first-order valence-electron chi connectivity index (χ1n) is 4.67. The minimum Gasteiger partial charge on any atom is -0.477 e. The van der Waals surface area contributed by atoms with Crippen molar-refractivity contribution in [3.63, 3.8) is 0 Å². The number of carbonyl (C=O) groups is 1. The topological polar surface area (TPSA) is 37.3 Å². The zero-order valence-electron chi connectivity index (χ0n) is 8.53. The molecule has 0 bridgehead atoms. The minimum absolute atomic E-state index is 0.261. The van der Waals surface area contributed by atoms with Crippen LogP contribution < -0.4 is 0 Å². The molecule has 2 rings (SSSR count). The molecule has 1 aromatic heterocycles. The third-order valence-electron chi connectivity index (χ3n) is 2.14. The Morgan fingerprint density at radius 1 is 1.31 bits per heavy atom. The van der Waals surface area contributed by atoms with Crippen LogP contribution in [0, 0.1) is 12.7 Å². The van der Waals surface area contributed by atoms with Crippen molar-refractivity contribution in [2.45, 2.75) is 6.92 Å². The van der Waals surface area contributed by atoms with Gasteiger partial charge in [-0.3, -0.25) is 0 Å². The van der Waals surface area contributed by atoms with Gasteiger partial charge in [0.25, 0.3) is 0 Å². The van der Waals surface area contributed by atoms with Crippen LogP contribution >= 0.6 is 11.3 Å². The molecule has 0 saturated heterocycles. The Kier molecular flexibility index (Phi) is 2.75. The number of hydrogen-bond donors (Lipinski definition) is 1. The Balaban J connectivity index is 2.46. The van der Waals surface area contributed by atoms with Crippen LogP contribution in [0.3, 0.4) is 0 Å². The van der Waals surface area contributed by atoms with Crippen LogP contribution in [0.5, 0.6) is 0 Å². The molecule has 0 aliphatic rings. The molecule has 4 heteroatoms. The van der Waals surface area contributed by atoms with Gasteiger partial charge in [0.1, 0.15) is 10.7 Å². The van der Waals surface area contributed by atoms with E-state index in [0.717, 1.165) is 27.3 Å². The van der Waals surface area contributed by atoms with Crippen molar-refractivity contribution in [1.29, 1.82) is 0 Å². The number of thiophene rings is 1. The fraction of sp³-hybridized carbons (Fsp3) is 0.0833. The van der Waals surface area contributed by atoms with Crippen molar-refractivity contribution in [3.8, 4) is 10.4 Å². The molecule has 0 unspecified atom stereocenters. The van der Waals surface area contributed by atoms with E-state index in [2.05, 4.69) is 0 Å². The highest BCUT2D eigenvalue weighted by atomic mass is 32.1. The molecule has 1 heterocycles. The zero-order chi connectivity index (χ0) is 11.7. The van der Waals surface area contributed by atoms with Gasteiger partial charge in [0.2, 0.25) is 0 Å². The van der Waals surface area contributed by atoms with Gasteiger partial charge in [-0.1, -0.05) is 6.07 Å². The van der Waals surface area contributed by atoms with Crippen LogP contribution in [0.2, 0.25) is 0 Å². The van der Waals surface area contributed by atoms with Crippen LogP contribution in [-0.2, 0) is 0 Å². The zero-order valence-corrected chi connectivity index (χ0v) is 9.34. The lowest BCUT2D eigenvalue weighted by atomic mass is 10.1. The second kappa shape index (κ2) is 4.06. The quantitative estimate of drug-likeness (QED) is 0.865. The van der Waals surface area contributed by atoms with Crippen LogP contribution in [-0.4, -0.2) is 11.1 Å². The highest BCUT2D eigenvalue weighted by Crippen LogP contribution is 2.29. The van der Waals surface area contributed by atoms with E-state index in [-0.39, 0.29) is 10.7 Å². The molecule has 1 aromatic carbocycles. The standard InChI is InChI=1S/C12H9FO2S/c1-7-4-8(6-9(13)5-7)10-2-3-11(16-10)12(14)15/h2-6H,1H3,(H,14,15). The van der Waals surface area contributed by atoms with E-state index < -0.39 is 5.97 Å². The number of aromatic carboxylic acids is 1. The molecule has 0 fully saturated rings. The summed E-state index contributed by atoms with van der Waals surface area (Å²) >= 11 is 1.15. The van der Waals surface area contributed by atoms with E-state index in [4.69, 9.17) is 5.11 Å². The number of hydrogen-bond acceptors (Lipinski definition) is 2. The average Bonchev–Trinajstić information content (AvgIpc) is 2.64. The Morgan fingerprint density at radius 2 is 2.06 bits per heavy atom. The minimum atomic E-state index is -0.954. The Hall–Kier alpha value is -1.68. The fourth-order valence-electron chi connectivity index (χ4n) is 1.49. The number of benzene rings is 1. The van der Waals surface area contributed by atoms with E-state index in [9.17, 15) is 9.18 Å². The predicted octanol–water partition coefficient (Wildman–Crippen LogP) is 3.56. The third kappa shape index (κ3) is 2.12. The summed E-state index contributed by atoms with van der Waals surface area (Å²) in [7, 11) is 0. The van der Waals surface area contributed by atoms with Gasteiger partial charge in [0, 0.05) is 4.88 Å². The maximum absolute atomic E-state index is 13.2. The van der Waals surface area contributed by atoms with Crippen LogP contribution in [0.1, 0.15) is 15.2 Å². The molecule has 1 N–H and O–H groups in total. The molecule has 2 nitrogen and oxygen atoms in total. The van der Waals surface area contributed by atoms with E-state index in [0.29, 0.717) is 0 Å². The number of carboxylic acids is 1. The molecule has 0 aliphatic carbocycles. The second-order valence-corrected chi connectivity index (χ2v) is 4.57. The third-order valence-corrected chi connectivity index (χ3v) is 3.27. The summed E-state index contributed by atoms with van der Waals surface area (Å²) in [5.41, 5.74) is 1.54. The lowest BCUT2D eigenvalue weighted by Gasteiger charge is -1.99. The Labute approximate surface area is 96.0 Å². The Bertz CT molecular complexity index is 525. The molecular weight excluding hydrogens is 227 g/mol. The number of aryl methyl sites for hydroxylation is 1. The second-order valence-electron chi connectivity index (χ2n) is 3.49. The fourth-order valence-corrected chi connectivity index (χ4v) is 2.32. The van der Waals surface area contributed by atoms with E-state index in [1.807, 2.05) is 6.07 Å². The highest BCUT2D eigenvalue weighted by molar-refractivity contribution is 7.17. The average molecular weight is 236 g/mol. The molecule has 16 heavy (non-hydrogen) atoms. The number of halogens is 1. The van der Waals surface area contributed by atoms with Crippen molar-refractivity contribution in [2.24, 2.45) is 0 Å². The molecule has 2 aromatic rings. The van der Waals surface area contributed by atoms with E-state index >= 15 is 0 Å². The smallest absolute Gasteiger partial charge is 0.345 e. The lowest BCUT2D eigenvalue weighted by Crippen LogP contribution is -1.89. The maximum atomic E-state index is 13.2. The highest BCUT2D eigenvalue weighted by Gasteiger charge is 2.09. The molecule has 0 saturated carbocycles. The summed E-state index contributed by atoms with van der Waals surface area (Å²) in [6.45, 7) is 1.80.